The van der Waals surface area contributed by atoms with E-state index in [0.717, 1.165) is 28.6 Å². The first-order valence-electron chi connectivity index (χ1n) is 8.49. The molecule has 1 amide bonds. The van der Waals surface area contributed by atoms with Crippen LogP contribution >= 0.6 is 0 Å². The molecule has 0 saturated heterocycles. The van der Waals surface area contributed by atoms with Crippen molar-refractivity contribution in [1.82, 2.24) is 10.3 Å². The summed E-state index contributed by atoms with van der Waals surface area (Å²) in [6, 6.07) is 14.9. The van der Waals surface area contributed by atoms with Crippen LogP contribution in [-0.4, -0.2) is 10.9 Å². The second-order valence-corrected chi connectivity index (χ2v) is 6.61. The van der Waals surface area contributed by atoms with Crippen molar-refractivity contribution in [3.63, 3.8) is 0 Å². The van der Waals surface area contributed by atoms with Gasteiger partial charge in [0.25, 0.3) is 5.91 Å². The quantitative estimate of drug-likeness (QED) is 0.517. The molecular weight excluding hydrogens is 329 g/mol. The van der Waals surface area contributed by atoms with Crippen molar-refractivity contribution in [2.45, 2.75) is 13.1 Å². The SMILES string of the molecule is NC(=O)c1cc(F)c(-c2cccc3c2CNC3)c2c1[nH]c1ccccc12. The number of primary amides is 1. The molecule has 0 unspecified atom stereocenters. The van der Waals surface area contributed by atoms with Crippen molar-refractivity contribution < 1.29 is 9.18 Å². The Morgan fingerprint density at radius 2 is 1.92 bits per heavy atom. The summed E-state index contributed by atoms with van der Waals surface area (Å²) in [5.41, 5.74) is 10.8. The number of nitrogens with one attached hydrogen (secondary N) is 2. The molecule has 0 saturated carbocycles. The maximum atomic E-state index is 15.3. The van der Waals surface area contributed by atoms with Gasteiger partial charge in [-0.25, -0.2) is 4.39 Å². The van der Waals surface area contributed by atoms with Crippen LogP contribution in [0.25, 0.3) is 32.9 Å². The van der Waals surface area contributed by atoms with Crippen molar-refractivity contribution in [2.24, 2.45) is 5.73 Å². The lowest BCUT2D eigenvalue weighted by Gasteiger charge is -2.13. The minimum Gasteiger partial charge on any atom is -0.366 e. The summed E-state index contributed by atoms with van der Waals surface area (Å²) in [6.45, 7) is 1.48. The van der Waals surface area contributed by atoms with Gasteiger partial charge in [-0.1, -0.05) is 36.4 Å². The summed E-state index contributed by atoms with van der Waals surface area (Å²) in [7, 11) is 0. The Kier molecular flexibility index (Phi) is 3.14. The average molecular weight is 345 g/mol. The van der Waals surface area contributed by atoms with Crippen molar-refractivity contribution in [2.75, 3.05) is 0 Å². The number of H-pyrrole nitrogens is 1. The van der Waals surface area contributed by atoms with E-state index in [1.165, 1.54) is 11.6 Å². The molecule has 1 aromatic heterocycles. The minimum atomic E-state index is -0.646. The monoisotopic (exact) mass is 345 g/mol. The van der Waals surface area contributed by atoms with E-state index >= 15 is 4.39 Å². The van der Waals surface area contributed by atoms with Crippen LogP contribution in [0, 0.1) is 5.82 Å². The first-order chi connectivity index (χ1) is 12.6. The Hall–Kier alpha value is -3.18. The van der Waals surface area contributed by atoms with Crippen LogP contribution < -0.4 is 11.1 Å². The van der Waals surface area contributed by atoms with Crippen molar-refractivity contribution in [3.8, 4) is 11.1 Å². The molecule has 4 aromatic rings. The number of rotatable bonds is 2. The zero-order valence-corrected chi connectivity index (χ0v) is 13.9. The first kappa shape index (κ1) is 15.1. The van der Waals surface area contributed by atoms with Gasteiger partial charge < -0.3 is 16.0 Å². The Bertz CT molecular complexity index is 1210. The fraction of sp³-hybridized carbons (Fsp3) is 0.0952. The maximum absolute atomic E-state index is 15.3. The largest absolute Gasteiger partial charge is 0.366 e. The second-order valence-electron chi connectivity index (χ2n) is 6.61. The Balaban J connectivity index is 1.98. The van der Waals surface area contributed by atoms with Gasteiger partial charge in [-0.3, -0.25) is 4.79 Å². The lowest BCUT2D eigenvalue weighted by atomic mass is 9.91. The van der Waals surface area contributed by atoms with Gasteiger partial charge in [0, 0.05) is 34.9 Å². The number of halogens is 1. The molecule has 4 nitrogen and oxygen atoms in total. The zero-order chi connectivity index (χ0) is 17.8. The highest BCUT2D eigenvalue weighted by molar-refractivity contribution is 6.20. The first-order valence-corrected chi connectivity index (χ1v) is 8.49. The molecule has 3 aromatic carbocycles. The Labute approximate surface area is 148 Å². The summed E-state index contributed by atoms with van der Waals surface area (Å²) in [5, 5.41) is 4.90. The van der Waals surface area contributed by atoms with Crippen LogP contribution in [0.2, 0.25) is 0 Å². The topological polar surface area (TPSA) is 70.9 Å². The second kappa shape index (κ2) is 5.41. The highest BCUT2D eigenvalue weighted by atomic mass is 19.1. The van der Waals surface area contributed by atoms with Gasteiger partial charge in [0.05, 0.1) is 11.1 Å². The molecule has 1 aliphatic heterocycles. The summed E-state index contributed by atoms with van der Waals surface area (Å²) < 4.78 is 15.3. The molecule has 0 fully saturated rings. The molecule has 0 bridgehead atoms. The van der Waals surface area contributed by atoms with Crippen LogP contribution in [0.5, 0.6) is 0 Å². The number of carbonyl (C=O) groups is 1. The van der Waals surface area contributed by atoms with Gasteiger partial charge in [0.2, 0.25) is 0 Å². The molecule has 0 spiro atoms. The smallest absolute Gasteiger partial charge is 0.250 e. The van der Waals surface area contributed by atoms with E-state index in [-0.39, 0.29) is 5.56 Å². The zero-order valence-electron chi connectivity index (χ0n) is 13.9. The third kappa shape index (κ3) is 2.01. The molecule has 0 atom stereocenters. The van der Waals surface area contributed by atoms with Crippen LogP contribution in [0.15, 0.2) is 48.5 Å². The minimum absolute atomic E-state index is 0.170. The molecular formula is C21H16FN3O. The van der Waals surface area contributed by atoms with Crippen molar-refractivity contribution in [1.29, 1.82) is 0 Å². The van der Waals surface area contributed by atoms with Crippen LogP contribution in [0.1, 0.15) is 21.5 Å². The highest BCUT2D eigenvalue weighted by Gasteiger charge is 2.24. The standard InChI is InChI=1S/C21H16FN3O/c22-16-8-14(21(23)26)20-19(13-5-1-2-7-17(13)25-20)18(16)12-6-3-4-11-9-24-10-15(11)12/h1-8,24-25H,9-10H2,(H2,23,26). The summed E-state index contributed by atoms with van der Waals surface area (Å²) >= 11 is 0. The van der Waals surface area contributed by atoms with Gasteiger partial charge in [0.15, 0.2) is 0 Å². The molecule has 2 heterocycles. The number of fused-ring (bicyclic) bond motifs is 4. The van der Waals surface area contributed by atoms with Gasteiger partial charge in [-0.15, -0.1) is 0 Å². The lowest BCUT2D eigenvalue weighted by Crippen LogP contribution is -2.12. The summed E-state index contributed by atoms with van der Waals surface area (Å²) in [6.07, 6.45) is 0. The normalized spacial score (nSPS) is 13.4. The average Bonchev–Trinajstić information content (AvgIpc) is 3.25. The van der Waals surface area contributed by atoms with E-state index in [9.17, 15) is 4.79 Å². The Morgan fingerprint density at radius 3 is 2.77 bits per heavy atom. The molecule has 0 radical (unpaired) electrons. The van der Waals surface area contributed by atoms with E-state index in [1.807, 2.05) is 36.4 Å². The number of amides is 1. The van der Waals surface area contributed by atoms with E-state index in [0.29, 0.717) is 23.0 Å². The van der Waals surface area contributed by atoms with Gasteiger partial charge >= 0.3 is 0 Å². The van der Waals surface area contributed by atoms with Crippen LogP contribution in [-0.2, 0) is 13.1 Å². The van der Waals surface area contributed by atoms with Crippen LogP contribution in [0.3, 0.4) is 0 Å². The molecule has 1 aliphatic rings. The summed E-state index contributed by atoms with van der Waals surface area (Å²) in [5.74, 6) is -1.08. The van der Waals surface area contributed by atoms with E-state index in [4.69, 9.17) is 5.73 Å². The van der Waals surface area contributed by atoms with Gasteiger partial charge in [0.1, 0.15) is 5.82 Å². The molecule has 5 rings (SSSR count). The fourth-order valence-corrected chi connectivity index (χ4v) is 4.02. The van der Waals surface area contributed by atoms with Crippen LogP contribution in [0.4, 0.5) is 4.39 Å². The fourth-order valence-electron chi connectivity index (χ4n) is 4.02. The predicted molar refractivity (Wildman–Crippen MR) is 100 cm³/mol. The maximum Gasteiger partial charge on any atom is 0.250 e. The van der Waals surface area contributed by atoms with E-state index in [1.54, 1.807) is 0 Å². The molecule has 0 aliphatic carbocycles. The van der Waals surface area contributed by atoms with E-state index in [2.05, 4.69) is 16.4 Å². The van der Waals surface area contributed by atoms with Gasteiger partial charge in [-0.05, 0) is 28.8 Å². The number of hydrogen-bond acceptors (Lipinski definition) is 2. The molecule has 128 valence electrons. The number of benzene rings is 3. The summed E-state index contributed by atoms with van der Waals surface area (Å²) in [4.78, 5) is 15.2. The number of carbonyl (C=O) groups excluding carboxylic acids is 1. The highest BCUT2D eigenvalue weighted by Crippen LogP contribution is 2.40. The lowest BCUT2D eigenvalue weighted by molar-refractivity contribution is 0.100. The number of aromatic amines is 1. The predicted octanol–water partition coefficient (Wildman–Crippen LogP) is 3.83. The molecule has 5 heteroatoms. The van der Waals surface area contributed by atoms with E-state index < -0.39 is 11.7 Å². The number of aromatic nitrogens is 1. The van der Waals surface area contributed by atoms with Crippen molar-refractivity contribution in [3.05, 3.63) is 71.0 Å². The van der Waals surface area contributed by atoms with Crippen molar-refractivity contribution >= 4 is 27.7 Å². The molecule has 4 N–H and O–H groups in total. The third-order valence-corrected chi connectivity index (χ3v) is 5.16. The number of hydrogen-bond donors (Lipinski definition) is 3. The number of nitrogens with two attached hydrogens (primary N) is 1. The molecule has 26 heavy (non-hydrogen) atoms. The Morgan fingerprint density at radius 1 is 1.08 bits per heavy atom. The number of para-hydroxylation sites is 1. The third-order valence-electron chi connectivity index (χ3n) is 5.16. The van der Waals surface area contributed by atoms with Gasteiger partial charge in [-0.2, -0.15) is 0 Å².